The largest absolute Gasteiger partial charge is 0.458 e. The van der Waals surface area contributed by atoms with Crippen LogP contribution in [0.2, 0.25) is 0 Å². The number of unbranched alkanes of at least 4 members (excludes halogenated alkanes) is 1. The van der Waals surface area contributed by atoms with Crippen LogP contribution in [0.1, 0.15) is 37.9 Å². The third kappa shape index (κ3) is 6.94. The maximum Gasteiger partial charge on any atom is 0.303 e. The van der Waals surface area contributed by atoms with Gasteiger partial charge in [-0.15, -0.1) is 0 Å². The molecule has 4 heteroatoms. The lowest BCUT2D eigenvalue weighted by Crippen LogP contribution is -2.09. The molecule has 106 valence electrons. The van der Waals surface area contributed by atoms with Gasteiger partial charge in [-0.25, -0.2) is 0 Å². The number of carbonyl (C=O) groups excluding carboxylic acids is 1. The molecule has 19 heavy (non-hydrogen) atoms. The smallest absolute Gasteiger partial charge is 0.303 e. The van der Waals surface area contributed by atoms with E-state index in [-0.39, 0.29) is 12.1 Å². The maximum atomic E-state index is 11.1. The number of esters is 1. The topological polar surface area (TPSA) is 44.8 Å². The minimum atomic E-state index is -0.246. The van der Waals surface area contributed by atoms with Crippen LogP contribution >= 0.6 is 0 Å². The number of benzene rings is 1. The zero-order valence-electron chi connectivity index (χ0n) is 11.6. The van der Waals surface area contributed by atoms with Crippen LogP contribution in [0.4, 0.5) is 0 Å². The summed E-state index contributed by atoms with van der Waals surface area (Å²) in [6.07, 6.45) is 2.51. The zero-order chi connectivity index (χ0) is 13.9. The Labute approximate surface area is 114 Å². The standard InChI is InChI=1S/C15H22O4/c1-13(16)19-15(14-8-4-3-5-9-14)10-6-7-11-18-12-17-2/h3-5,8-9,15H,6-7,10-12H2,1-2H3/t15-/m1/s1. The molecule has 0 bridgehead atoms. The van der Waals surface area contributed by atoms with E-state index < -0.39 is 0 Å². The van der Waals surface area contributed by atoms with Gasteiger partial charge in [0.05, 0.1) is 0 Å². The normalized spacial score (nSPS) is 12.1. The molecule has 1 rings (SSSR count). The van der Waals surface area contributed by atoms with Gasteiger partial charge >= 0.3 is 5.97 Å². The summed E-state index contributed by atoms with van der Waals surface area (Å²) >= 11 is 0. The van der Waals surface area contributed by atoms with Crippen LogP contribution in [-0.4, -0.2) is 26.5 Å². The highest BCUT2D eigenvalue weighted by molar-refractivity contribution is 5.66. The molecule has 1 aromatic carbocycles. The molecule has 1 aromatic rings. The van der Waals surface area contributed by atoms with Crippen molar-refractivity contribution in [3.63, 3.8) is 0 Å². The molecule has 0 heterocycles. The van der Waals surface area contributed by atoms with Gasteiger partial charge in [0.15, 0.2) is 0 Å². The molecule has 0 fully saturated rings. The highest BCUT2D eigenvalue weighted by Crippen LogP contribution is 2.23. The molecular weight excluding hydrogens is 244 g/mol. The minimum absolute atomic E-state index is 0.166. The molecule has 0 aliphatic rings. The van der Waals surface area contributed by atoms with Crippen molar-refractivity contribution in [3.05, 3.63) is 35.9 Å². The molecule has 0 radical (unpaired) electrons. The van der Waals surface area contributed by atoms with Gasteiger partial charge in [-0.1, -0.05) is 30.3 Å². The summed E-state index contributed by atoms with van der Waals surface area (Å²) in [5, 5.41) is 0. The van der Waals surface area contributed by atoms with Crippen LogP contribution in [0.3, 0.4) is 0 Å². The van der Waals surface area contributed by atoms with Crippen molar-refractivity contribution in [2.24, 2.45) is 0 Å². The molecule has 0 saturated heterocycles. The van der Waals surface area contributed by atoms with Crippen molar-refractivity contribution in [3.8, 4) is 0 Å². The van der Waals surface area contributed by atoms with Gasteiger partial charge in [0.25, 0.3) is 0 Å². The van der Waals surface area contributed by atoms with Gasteiger partial charge in [-0.3, -0.25) is 4.79 Å². The molecule has 0 saturated carbocycles. The van der Waals surface area contributed by atoms with E-state index in [1.807, 2.05) is 30.3 Å². The molecule has 0 spiro atoms. The van der Waals surface area contributed by atoms with Gasteiger partial charge in [-0.2, -0.15) is 0 Å². The van der Waals surface area contributed by atoms with E-state index >= 15 is 0 Å². The van der Waals surface area contributed by atoms with Crippen molar-refractivity contribution < 1.29 is 19.0 Å². The van der Waals surface area contributed by atoms with Crippen LogP contribution in [0, 0.1) is 0 Å². The fourth-order valence-electron chi connectivity index (χ4n) is 1.84. The molecule has 0 aliphatic carbocycles. The lowest BCUT2D eigenvalue weighted by molar-refractivity contribution is -0.147. The first-order valence-electron chi connectivity index (χ1n) is 6.53. The van der Waals surface area contributed by atoms with E-state index in [1.165, 1.54) is 6.92 Å². The van der Waals surface area contributed by atoms with E-state index in [9.17, 15) is 4.79 Å². The quantitative estimate of drug-likeness (QED) is 0.391. The van der Waals surface area contributed by atoms with E-state index in [0.29, 0.717) is 13.4 Å². The predicted molar refractivity (Wildman–Crippen MR) is 72.6 cm³/mol. The second kappa shape index (κ2) is 9.53. The van der Waals surface area contributed by atoms with Crippen LogP contribution in [0.15, 0.2) is 30.3 Å². The molecule has 0 N–H and O–H groups in total. The van der Waals surface area contributed by atoms with Gasteiger partial charge in [0.2, 0.25) is 0 Å². The van der Waals surface area contributed by atoms with Gasteiger partial charge in [0.1, 0.15) is 12.9 Å². The van der Waals surface area contributed by atoms with Crippen molar-refractivity contribution in [2.75, 3.05) is 20.5 Å². The van der Waals surface area contributed by atoms with Crippen molar-refractivity contribution in [1.82, 2.24) is 0 Å². The maximum absolute atomic E-state index is 11.1. The summed E-state index contributed by atoms with van der Waals surface area (Å²) in [7, 11) is 1.60. The van der Waals surface area contributed by atoms with Crippen molar-refractivity contribution in [1.29, 1.82) is 0 Å². The minimum Gasteiger partial charge on any atom is -0.458 e. The third-order valence-corrected chi connectivity index (χ3v) is 2.69. The summed E-state index contributed by atoms with van der Waals surface area (Å²) in [6.45, 7) is 2.43. The molecule has 0 amide bonds. The Bertz CT molecular complexity index is 350. The Morgan fingerprint density at radius 3 is 2.58 bits per heavy atom. The average Bonchev–Trinajstić information content (AvgIpc) is 2.42. The van der Waals surface area contributed by atoms with Crippen LogP contribution in [-0.2, 0) is 19.0 Å². The van der Waals surface area contributed by atoms with E-state index in [4.69, 9.17) is 14.2 Å². The fraction of sp³-hybridized carbons (Fsp3) is 0.533. The van der Waals surface area contributed by atoms with Crippen LogP contribution in [0.5, 0.6) is 0 Å². The highest BCUT2D eigenvalue weighted by atomic mass is 16.7. The number of methoxy groups -OCH3 is 1. The second-order valence-corrected chi connectivity index (χ2v) is 4.32. The summed E-state index contributed by atoms with van der Waals surface area (Å²) in [5.74, 6) is -0.246. The fourth-order valence-corrected chi connectivity index (χ4v) is 1.84. The van der Waals surface area contributed by atoms with Crippen LogP contribution < -0.4 is 0 Å². The molecule has 4 nitrogen and oxygen atoms in total. The van der Waals surface area contributed by atoms with Crippen molar-refractivity contribution in [2.45, 2.75) is 32.3 Å². The first kappa shape index (κ1) is 15.7. The average molecular weight is 266 g/mol. The Hall–Kier alpha value is -1.39. The molecule has 0 unspecified atom stereocenters. The Balaban J connectivity index is 2.36. The molecule has 0 aliphatic heterocycles. The zero-order valence-corrected chi connectivity index (χ0v) is 11.6. The number of hydrogen-bond donors (Lipinski definition) is 0. The summed E-state index contributed by atoms with van der Waals surface area (Å²) in [5.41, 5.74) is 1.04. The first-order valence-corrected chi connectivity index (χ1v) is 6.53. The SMILES string of the molecule is COCOCCCC[C@@H](OC(C)=O)c1ccccc1. The van der Waals surface area contributed by atoms with Gasteiger partial charge in [0, 0.05) is 20.6 Å². The lowest BCUT2D eigenvalue weighted by Gasteiger charge is -2.17. The Morgan fingerprint density at radius 2 is 1.95 bits per heavy atom. The van der Waals surface area contributed by atoms with Crippen LogP contribution in [0.25, 0.3) is 0 Å². The predicted octanol–water partition coefficient (Wildman–Crippen LogP) is 3.08. The lowest BCUT2D eigenvalue weighted by atomic mass is 10.0. The Kier molecular flexibility index (Phi) is 7.86. The number of rotatable bonds is 9. The van der Waals surface area contributed by atoms with E-state index in [0.717, 1.165) is 24.8 Å². The van der Waals surface area contributed by atoms with E-state index in [2.05, 4.69) is 0 Å². The monoisotopic (exact) mass is 266 g/mol. The molecular formula is C15H22O4. The first-order chi connectivity index (χ1) is 9.24. The number of hydrogen-bond acceptors (Lipinski definition) is 4. The van der Waals surface area contributed by atoms with Gasteiger partial charge in [-0.05, 0) is 24.8 Å². The Morgan fingerprint density at radius 1 is 1.21 bits per heavy atom. The highest BCUT2D eigenvalue weighted by Gasteiger charge is 2.13. The second-order valence-electron chi connectivity index (χ2n) is 4.32. The molecule has 1 atom stereocenters. The number of carbonyl (C=O) groups is 1. The van der Waals surface area contributed by atoms with E-state index in [1.54, 1.807) is 7.11 Å². The van der Waals surface area contributed by atoms with Crippen molar-refractivity contribution >= 4 is 5.97 Å². The summed E-state index contributed by atoms with van der Waals surface area (Å²) < 4.78 is 15.4. The number of ether oxygens (including phenoxy) is 3. The summed E-state index contributed by atoms with van der Waals surface area (Å²) in [4.78, 5) is 11.1. The third-order valence-electron chi connectivity index (χ3n) is 2.69. The summed E-state index contributed by atoms with van der Waals surface area (Å²) in [6, 6.07) is 9.82. The van der Waals surface area contributed by atoms with Gasteiger partial charge < -0.3 is 14.2 Å². The molecule has 0 aromatic heterocycles.